The molecule has 1 aliphatic carbocycles. The van der Waals surface area contributed by atoms with Crippen LogP contribution < -0.4 is 5.73 Å². The van der Waals surface area contributed by atoms with Crippen LogP contribution in [-0.2, 0) is 7.05 Å². The molecule has 1 aromatic rings. The van der Waals surface area contributed by atoms with Crippen molar-refractivity contribution in [2.45, 2.75) is 36.4 Å². The Morgan fingerprint density at radius 1 is 1.76 bits per heavy atom. The first-order valence-electron chi connectivity index (χ1n) is 5.96. The average molecular weight is 250 g/mol. The summed E-state index contributed by atoms with van der Waals surface area (Å²) in [5.41, 5.74) is 5.52. The van der Waals surface area contributed by atoms with E-state index in [9.17, 15) is 0 Å². The van der Waals surface area contributed by atoms with E-state index in [2.05, 4.69) is 11.1 Å². The zero-order valence-corrected chi connectivity index (χ0v) is 10.9. The highest BCUT2D eigenvalue weighted by Gasteiger charge is 2.39. The van der Waals surface area contributed by atoms with E-state index >= 15 is 0 Å². The summed E-state index contributed by atoms with van der Waals surface area (Å²) < 4.78 is 2.01. The van der Waals surface area contributed by atoms with Crippen molar-refractivity contribution in [3.63, 3.8) is 0 Å². The van der Waals surface area contributed by atoms with E-state index in [0.717, 1.165) is 36.6 Å². The molecule has 1 heterocycles. The Morgan fingerprint density at radius 3 is 3.24 bits per heavy atom. The predicted molar refractivity (Wildman–Crippen MR) is 68.4 cm³/mol. The zero-order chi connectivity index (χ0) is 12.3. The van der Waals surface area contributed by atoms with Gasteiger partial charge in [0.1, 0.15) is 5.54 Å². The molecular formula is C12H18N4S. The summed E-state index contributed by atoms with van der Waals surface area (Å²) in [6.07, 6.45) is 7.77. The average Bonchev–Trinajstić information content (AvgIpc) is 2.88. The van der Waals surface area contributed by atoms with Crippen molar-refractivity contribution in [2.24, 2.45) is 18.7 Å². The number of nitrogens with two attached hydrogens (primary N) is 1. The fourth-order valence-electron chi connectivity index (χ4n) is 2.44. The van der Waals surface area contributed by atoms with Crippen molar-refractivity contribution in [3.8, 4) is 6.07 Å². The van der Waals surface area contributed by atoms with Crippen molar-refractivity contribution in [1.29, 1.82) is 5.26 Å². The van der Waals surface area contributed by atoms with Gasteiger partial charge in [0.25, 0.3) is 0 Å². The van der Waals surface area contributed by atoms with Gasteiger partial charge in [-0.25, -0.2) is 4.98 Å². The molecule has 5 heteroatoms. The summed E-state index contributed by atoms with van der Waals surface area (Å²) >= 11 is 1.74. The highest BCUT2D eigenvalue weighted by atomic mass is 32.2. The Morgan fingerprint density at radius 2 is 2.59 bits per heavy atom. The number of imidazole rings is 1. The number of hydrogen-bond donors (Lipinski definition) is 1. The number of rotatable bonds is 4. The molecule has 1 aliphatic rings. The van der Waals surface area contributed by atoms with Crippen LogP contribution in [0.25, 0.3) is 0 Å². The number of aryl methyl sites for hydroxylation is 1. The summed E-state index contributed by atoms with van der Waals surface area (Å²) in [6, 6.07) is 2.29. The Bertz CT molecular complexity index is 422. The minimum absolute atomic E-state index is 0.347. The zero-order valence-electron chi connectivity index (χ0n) is 10.1. The SMILES string of the molecule is Cn1ccnc1SCCC1CCCC1(N)C#N. The lowest BCUT2D eigenvalue weighted by Gasteiger charge is -2.23. The van der Waals surface area contributed by atoms with Gasteiger partial charge in [-0.3, -0.25) is 0 Å². The molecular weight excluding hydrogens is 232 g/mol. The molecule has 2 atom stereocenters. The second-order valence-corrected chi connectivity index (χ2v) is 5.76. The monoisotopic (exact) mass is 250 g/mol. The quantitative estimate of drug-likeness (QED) is 0.829. The number of nitrogens with zero attached hydrogens (tertiary/aromatic N) is 3. The molecule has 92 valence electrons. The molecule has 0 spiro atoms. The largest absolute Gasteiger partial charge is 0.329 e. The highest BCUT2D eigenvalue weighted by Crippen LogP contribution is 2.36. The maximum atomic E-state index is 9.12. The molecule has 0 radical (unpaired) electrons. The van der Waals surface area contributed by atoms with Crippen LogP contribution in [0.3, 0.4) is 0 Å². The lowest BCUT2D eigenvalue weighted by molar-refractivity contribution is 0.389. The van der Waals surface area contributed by atoms with Crippen LogP contribution in [-0.4, -0.2) is 20.8 Å². The number of thioether (sulfide) groups is 1. The van der Waals surface area contributed by atoms with Gasteiger partial charge in [-0.1, -0.05) is 18.2 Å². The molecule has 2 rings (SSSR count). The Balaban J connectivity index is 1.83. The van der Waals surface area contributed by atoms with Crippen LogP contribution in [0.1, 0.15) is 25.7 Å². The predicted octanol–water partition coefficient (Wildman–Crippen LogP) is 1.92. The molecule has 1 fully saturated rings. The fraction of sp³-hybridized carbons (Fsp3) is 0.667. The maximum Gasteiger partial charge on any atom is 0.167 e. The van der Waals surface area contributed by atoms with E-state index in [1.54, 1.807) is 18.0 Å². The summed E-state index contributed by atoms with van der Waals surface area (Å²) in [4.78, 5) is 4.27. The van der Waals surface area contributed by atoms with Crippen LogP contribution in [0.4, 0.5) is 0 Å². The van der Waals surface area contributed by atoms with Gasteiger partial charge >= 0.3 is 0 Å². The lowest BCUT2D eigenvalue weighted by atomic mass is 9.88. The first-order chi connectivity index (χ1) is 8.15. The second kappa shape index (κ2) is 5.11. The number of hydrogen-bond acceptors (Lipinski definition) is 4. The summed E-state index contributed by atoms with van der Waals surface area (Å²) in [5.74, 6) is 1.33. The van der Waals surface area contributed by atoms with Crippen molar-refractivity contribution >= 4 is 11.8 Å². The van der Waals surface area contributed by atoms with Crippen molar-refractivity contribution < 1.29 is 0 Å². The van der Waals surface area contributed by atoms with Gasteiger partial charge in [0.15, 0.2) is 5.16 Å². The topological polar surface area (TPSA) is 67.6 Å². The first kappa shape index (κ1) is 12.5. The molecule has 17 heavy (non-hydrogen) atoms. The van der Waals surface area contributed by atoms with E-state index in [4.69, 9.17) is 11.0 Å². The molecule has 0 aromatic carbocycles. The van der Waals surface area contributed by atoms with Gasteiger partial charge in [-0.15, -0.1) is 0 Å². The lowest BCUT2D eigenvalue weighted by Crippen LogP contribution is -2.41. The molecule has 0 amide bonds. The molecule has 2 N–H and O–H groups in total. The summed E-state index contributed by atoms with van der Waals surface area (Å²) in [5, 5.41) is 10.2. The third-order valence-electron chi connectivity index (χ3n) is 3.55. The van der Waals surface area contributed by atoms with Crippen molar-refractivity contribution in [2.75, 3.05) is 5.75 Å². The van der Waals surface area contributed by atoms with Gasteiger partial charge in [-0.05, 0) is 25.2 Å². The van der Waals surface area contributed by atoms with Crippen LogP contribution in [0.2, 0.25) is 0 Å². The van der Waals surface area contributed by atoms with Crippen LogP contribution >= 0.6 is 11.8 Å². The molecule has 1 aromatic heterocycles. The van der Waals surface area contributed by atoms with Gasteiger partial charge in [0.2, 0.25) is 0 Å². The van der Waals surface area contributed by atoms with Gasteiger partial charge < -0.3 is 10.3 Å². The maximum absolute atomic E-state index is 9.12. The van der Waals surface area contributed by atoms with Gasteiger partial charge in [0, 0.05) is 25.2 Å². The summed E-state index contributed by atoms with van der Waals surface area (Å²) in [7, 11) is 1.99. The Hall–Kier alpha value is -0.990. The van der Waals surface area contributed by atoms with Crippen LogP contribution in [0.15, 0.2) is 17.6 Å². The van der Waals surface area contributed by atoms with Crippen LogP contribution in [0, 0.1) is 17.2 Å². The van der Waals surface area contributed by atoms with E-state index in [1.165, 1.54) is 0 Å². The van der Waals surface area contributed by atoms with Gasteiger partial charge in [0.05, 0.1) is 6.07 Å². The second-order valence-electron chi connectivity index (χ2n) is 4.70. The minimum atomic E-state index is -0.581. The highest BCUT2D eigenvalue weighted by molar-refractivity contribution is 7.99. The number of aromatic nitrogens is 2. The van der Waals surface area contributed by atoms with Crippen molar-refractivity contribution in [3.05, 3.63) is 12.4 Å². The molecule has 0 aliphatic heterocycles. The Kier molecular flexibility index (Phi) is 3.75. The van der Waals surface area contributed by atoms with E-state index in [-0.39, 0.29) is 0 Å². The summed E-state index contributed by atoms with van der Waals surface area (Å²) in [6.45, 7) is 0. The fourth-order valence-corrected chi connectivity index (χ4v) is 3.42. The molecule has 2 unspecified atom stereocenters. The number of nitriles is 1. The van der Waals surface area contributed by atoms with E-state index < -0.39 is 5.54 Å². The minimum Gasteiger partial charge on any atom is -0.329 e. The third kappa shape index (κ3) is 2.64. The molecule has 4 nitrogen and oxygen atoms in total. The molecule has 1 saturated carbocycles. The molecule has 0 bridgehead atoms. The third-order valence-corrected chi connectivity index (χ3v) is 4.65. The smallest absolute Gasteiger partial charge is 0.167 e. The normalized spacial score (nSPS) is 28.2. The Labute approximate surface area is 106 Å². The van der Waals surface area contributed by atoms with Crippen molar-refractivity contribution in [1.82, 2.24) is 9.55 Å². The molecule has 0 saturated heterocycles. The van der Waals surface area contributed by atoms with E-state index in [1.807, 2.05) is 17.8 Å². The van der Waals surface area contributed by atoms with Gasteiger partial charge in [-0.2, -0.15) is 5.26 Å². The van der Waals surface area contributed by atoms with E-state index in [0.29, 0.717) is 5.92 Å². The van der Waals surface area contributed by atoms with Crippen LogP contribution in [0.5, 0.6) is 0 Å². The first-order valence-corrected chi connectivity index (χ1v) is 6.94. The standard InChI is InChI=1S/C12H18N4S/c1-16-7-6-15-11(16)17-8-4-10-3-2-5-12(10,14)9-13/h6-7,10H,2-5,8,14H2,1H3.